The smallest absolute Gasteiger partial charge is 0.246 e. The van der Waals surface area contributed by atoms with Gasteiger partial charge in [0.1, 0.15) is 27.2 Å². The van der Waals surface area contributed by atoms with E-state index < -0.39 is 26.9 Å². The second-order valence-electron chi connectivity index (χ2n) is 10.8. The Morgan fingerprint density at radius 3 is 2.62 bits per heavy atom. The van der Waals surface area contributed by atoms with Crippen LogP contribution < -0.4 is 10.5 Å². The first-order chi connectivity index (χ1) is 18.4. The Kier molecular flexibility index (Phi) is 5.94. The van der Waals surface area contributed by atoms with Crippen LogP contribution in [0.2, 0.25) is 5.02 Å². The van der Waals surface area contributed by atoms with E-state index in [1.807, 2.05) is 6.07 Å². The zero-order valence-electron chi connectivity index (χ0n) is 21.5. The average molecular weight is 574 g/mol. The number of nitrogens with zero attached hydrogens (tertiary/aromatic N) is 6. The first kappa shape index (κ1) is 26.0. The topological polar surface area (TPSA) is 104 Å². The number of aromatic nitrogens is 4. The van der Waals surface area contributed by atoms with Crippen molar-refractivity contribution in [3.05, 3.63) is 76.5 Å². The Morgan fingerprint density at radius 2 is 1.90 bits per heavy atom. The van der Waals surface area contributed by atoms with Crippen LogP contribution in [0.15, 0.2) is 42.9 Å². The number of rotatable bonds is 6. The third-order valence-electron chi connectivity index (χ3n) is 8.31. The number of benzene rings is 1. The van der Waals surface area contributed by atoms with Gasteiger partial charge in [-0.1, -0.05) is 31.5 Å². The molecule has 6 rings (SSSR count). The van der Waals surface area contributed by atoms with Crippen molar-refractivity contribution in [1.82, 2.24) is 30.7 Å². The van der Waals surface area contributed by atoms with Crippen molar-refractivity contribution < 1.29 is 17.2 Å². The van der Waals surface area contributed by atoms with Crippen LogP contribution in [-0.2, 0) is 15.3 Å². The number of anilines is 1. The van der Waals surface area contributed by atoms with E-state index in [0.717, 1.165) is 24.1 Å². The lowest BCUT2D eigenvalue weighted by Gasteiger charge is -2.37. The average Bonchev–Trinajstić information content (AvgIpc) is 3.52. The normalized spacial score (nSPS) is 23.1. The van der Waals surface area contributed by atoms with Gasteiger partial charge in [-0.25, -0.2) is 32.2 Å². The van der Waals surface area contributed by atoms with E-state index in [1.54, 1.807) is 28.6 Å². The largest absolute Gasteiger partial charge is 0.295 e. The fraction of sp³-hybridized carbons (Fsp3) is 0.385. The van der Waals surface area contributed by atoms with Gasteiger partial charge in [-0.05, 0) is 42.4 Å². The summed E-state index contributed by atoms with van der Waals surface area (Å²) in [5.74, 6) is -1.15. The van der Waals surface area contributed by atoms with Crippen LogP contribution in [0.5, 0.6) is 0 Å². The van der Waals surface area contributed by atoms with E-state index in [9.17, 15) is 17.2 Å². The zero-order valence-corrected chi connectivity index (χ0v) is 23.1. The first-order valence-corrected chi connectivity index (χ1v) is 14.9. The molecule has 0 unspecified atom stereocenters. The van der Waals surface area contributed by atoms with Gasteiger partial charge in [0, 0.05) is 37.0 Å². The first-order valence-electron chi connectivity index (χ1n) is 12.5. The van der Waals surface area contributed by atoms with Gasteiger partial charge in [0.2, 0.25) is 5.95 Å². The van der Waals surface area contributed by atoms with Gasteiger partial charge >= 0.3 is 0 Å². The Morgan fingerprint density at radius 1 is 1.15 bits per heavy atom. The number of nitrogens with one attached hydrogen (secondary N) is 1. The van der Waals surface area contributed by atoms with Gasteiger partial charge in [-0.3, -0.25) is 5.01 Å². The highest BCUT2D eigenvalue weighted by molar-refractivity contribution is 7.90. The molecule has 2 aliphatic carbocycles. The number of sulfone groups is 1. The highest BCUT2D eigenvalue weighted by Gasteiger charge is 2.66. The molecule has 3 heterocycles. The van der Waals surface area contributed by atoms with Crippen molar-refractivity contribution >= 4 is 27.4 Å². The SMILES string of the molecule is CC1(C)[C@H]2CC[C@]1(c1ccnc(N3C=CN(CCS(C)(=O)=O)N3)n1)c1nnc(-c3c(F)cccc3F)c(Cl)c12. The summed E-state index contributed by atoms with van der Waals surface area (Å²) in [5, 5.41) is 12.3. The van der Waals surface area contributed by atoms with Gasteiger partial charge < -0.3 is 0 Å². The molecule has 1 aromatic carbocycles. The fourth-order valence-electron chi connectivity index (χ4n) is 6.35. The summed E-state index contributed by atoms with van der Waals surface area (Å²) >= 11 is 6.87. The molecule has 39 heavy (non-hydrogen) atoms. The summed E-state index contributed by atoms with van der Waals surface area (Å²) in [7, 11) is -3.12. The van der Waals surface area contributed by atoms with Crippen molar-refractivity contribution in [2.45, 2.75) is 38.0 Å². The fourth-order valence-corrected chi connectivity index (χ4v) is 7.23. The molecule has 0 amide bonds. The van der Waals surface area contributed by atoms with E-state index in [-0.39, 0.29) is 39.9 Å². The van der Waals surface area contributed by atoms with Crippen molar-refractivity contribution in [1.29, 1.82) is 0 Å². The molecular weight excluding hydrogens is 548 g/mol. The summed E-state index contributed by atoms with van der Waals surface area (Å²) in [6.45, 7) is 4.53. The van der Waals surface area contributed by atoms with Gasteiger partial charge in [-0.15, -0.1) is 10.6 Å². The minimum absolute atomic E-state index is 0.00604. The second kappa shape index (κ2) is 8.90. The summed E-state index contributed by atoms with van der Waals surface area (Å²) < 4.78 is 52.4. The van der Waals surface area contributed by atoms with Crippen LogP contribution in [-0.4, -0.2) is 52.1 Å². The zero-order chi connectivity index (χ0) is 27.7. The van der Waals surface area contributed by atoms with Gasteiger partial charge in [0.05, 0.1) is 33.1 Å². The van der Waals surface area contributed by atoms with Crippen LogP contribution in [0.4, 0.5) is 14.7 Å². The van der Waals surface area contributed by atoms with Crippen LogP contribution in [0, 0.1) is 17.0 Å². The maximum Gasteiger partial charge on any atom is 0.246 e. The van der Waals surface area contributed by atoms with Crippen molar-refractivity contribution in [2.75, 3.05) is 23.6 Å². The summed E-state index contributed by atoms with van der Waals surface area (Å²) in [5.41, 5.74) is 3.91. The molecule has 3 aromatic rings. The molecule has 204 valence electrons. The lowest BCUT2D eigenvalue weighted by molar-refractivity contribution is 0.242. The van der Waals surface area contributed by atoms with Crippen LogP contribution in [0.3, 0.4) is 0 Å². The van der Waals surface area contributed by atoms with E-state index in [1.165, 1.54) is 24.5 Å². The van der Waals surface area contributed by atoms with E-state index in [0.29, 0.717) is 11.6 Å². The summed E-state index contributed by atoms with van der Waals surface area (Å²) in [6, 6.07) is 5.49. The van der Waals surface area contributed by atoms with Crippen LogP contribution in [0.25, 0.3) is 11.3 Å². The van der Waals surface area contributed by atoms with Gasteiger partial charge in [0.15, 0.2) is 0 Å². The molecule has 0 spiro atoms. The number of halogens is 3. The molecule has 2 aromatic heterocycles. The Hall–Kier alpha value is -3.22. The van der Waals surface area contributed by atoms with Crippen molar-refractivity contribution in [2.24, 2.45) is 5.41 Å². The van der Waals surface area contributed by atoms with Gasteiger partial charge in [0.25, 0.3) is 0 Å². The highest BCUT2D eigenvalue weighted by Crippen LogP contribution is 2.70. The molecule has 2 bridgehead atoms. The standard InChI is InChI=1S/C26H26ClF2N7O2S/c1-25(2)15-7-9-26(25,23-19(15)21(27)22(32-33-23)20-16(28)5-4-6-17(20)29)18-8-10-30-24(31-18)36-12-11-35(34-36)13-14-39(3,37)38/h4-6,8,10-12,15,34H,7,9,13-14H2,1-3H3/t15-,26-/m0/s1. The minimum atomic E-state index is -3.12. The molecule has 1 saturated carbocycles. The van der Waals surface area contributed by atoms with E-state index in [4.69, 9.17) is 16.6 Å². The maximum atomic E-state index is 14.6. The molecule has 9 nitrogen and oxygen atoms in total. The van der Waals surface area contributed by atoms with E-state index in [2.05, 4.69) is 34.6 Å². The predicted octanol–water partition coefficient (Wildman–Crippen LogP) is 4.13. The Bertz CT molecular complexity index is 1610. The minimum Gasteiger partial charge on any atom is -0.295 e. The molecule has 1 aliphatic heterocycles. The lowest BCUT2D eigenvalue weighted by atomic mass is 9.66. The number of hydrogen-bond acceptors (Lipinski definition) is 9. The number of fused-ring (bicyclic) bond motifs is 5. The monoisotopic (exact) mass is 573 g/mol. The number of hydrazine groups is 2. The molecule has 3 aliphatic rings. The number of hydrogen-bond donors (Lipinski definition) is 1. The molecule has 13 heteroatoms. The third kappa shape index (κ3) is 3.91. The lowest BCUT2D eigenvalue weighted by Crippen LogP contribution is -2.43. The Balaban J connectivity index is 1.39. The molecular formula is C26H26ClF2N7O2S. The molecule has 1 fully saturated rings. The second-order valence-corrected chi connectivity index (χ2v) is 13.4. The van der Waals surface area contributed by atoms with Crippen LogP contribution >= 0.6 is 11.6 Å². The highest BCUT2D eigenvalue weighted by atomic mass is 35.5. The predicted molar refractivity (Wildman–Crippen MR) is 142 cm³/mol. The molecule has 0 saturated heterocycles. The third-order valence-corrected chi connectivity index (χ3v) is 9.62. The van der Waals surface area contributed by atoms with Crippen LogP contribution in [0.1, 0.15) is 49.6 Å². The maximum absolute atomic E-state index is 14.6. The van der Waals surface area contributed by atoms with Crippen molar-refractivity contribution in [3.63, 3.8) is 0 Å². The summed E-state index contributed by atoms with van der Waals surface area (Å²) in [6.07, 6.45) is 7.84. The summed E-state index contributed by atoms with van der Waals surface area (Å²) in [4.78, 5) is 9.33. The molecule has 2 atom stereocenters. The quantitative estimate of drug-likeness (QED) is 0.466. The van der Waals surface area contributed by atoms with Gasteiger partial charge in [-0.2, -0.15) is 5.10 Å². The van der Waals surface area contributed by atoms with Crippen molar-refractivity contribution in [3.8, 4) is 11.3 Å². The molecule has 0 radical (unpaired) electrons. The Labute approximate surface area is 229 Å². The van der Waals surface area contributed by atoms with E-state index >= 15 is 0 Å². The molecule has 1 N–H and O–H groups in total.